The predicted molar refractivity (Wildman–Crippen MR) is 94.3 cm³/mol. The Morgan fingerprint density at radius 2 is 2.00 bits per heavy atom. The zero-order chi connectivity index (χ0) is 18.2. The van der Waals surface area contributed by atoms with Crippen LogP contribution in [0.4, 0.5) is 0 Å². The van der Waals surface area contributed by atoms with Crippen LogP contribution in [0.15, 0.2) is 12.1 Å². The van der Waals surface area contributed by atoms with E-state index in [2.05, 4.69) is 10.3 Å². The van der Waals surface area contributed by atoms with Crippen LogP contribution < -0.4 is 15.8 Å². The standard InChI is InChI=1S/C19H27N3O3/c1-11(19(2,3)18(20)24)21-16(23)15-9-8-14(13-6-7-13)17(22-15)25-10-12-4-5-12/h8-9,11-13H,4-7,10H2,1-3H3,(H2,20,24)(H,21,23). The number of amides is 2. The Kier molecular flexibility index (Phi) is 4.71. The van der Waals surface area contributed by atoms with Gasteiger partial charge < -0.3 is 15.8 Å². The van der Waals surface area contributed by atoms with E-state index in [0.717, 1.165) is 18.4 Å². The van der Waals surface area contributed by atoms with Crippen LogP contribution >= 0.6 is 0 Å². The third kappa shape index (κ3) is 4.11. The molecule has 1 atom stereocenters. The van der Waals surface area contributed by atoms with Crippen molar-refractivity contribution in [1.82, 2.24) is 10.3 Å². The Hall–Kier alpha value is -2.11. The number of aromatic nitrogens is 1. The minimum atomic E-state index is -0.838. The Labute approximate surface area is 148 Å². The van der Waals surface area contributed by atoms with Crippen LogP contribution in [0.3, 0.4) is 0 Å². The summed E-state index contributed by atoms with van der Waals surface area (Å²) in [4.78, 5) is 28.6. The van der Waals surface area contributed by atoms with Crippen molar-refractivity contribution in [3.63, 3.8) is 0 Å². The normalized spacial score (nSPS) is 18.5. The largest absolute Gasteiger partial charge is 0.477 e. The molecule has 2 aliphatic rings. The van der Waals surface area contributed by atoms with Gasteiger partial charge in [-0.05, 0) is 64.4 Å². The third-order valence-corrected chi connectivity index (χ3v) is 5.36. The van der Waals surface area contributed by atoms with Crippen molar-refractivity contribution in [2.45, 2.75) is 58.4 Å². The lowest BCUT2D eigenvalue weighted by Gasteiger charge is -2.29. The lowest BCUT2D eigenvalue weighted by Crippen LogP contribution is -2.49. The van der Waals surface area contributed by atoms with Crippen LogP contribution in [-0.4, -0.2) is 29.4 Å². The Balaban J connectivity index is 1.73. The second-order valence-electron chi connectivity index (χ2n) is 7.90. The van der Waals surface area contributed by atoms with Gasteiger partial charge in [-0.2, -0.15) is 0 Å². The highest BCUT2D eigenvalue weighted by atomic mass is 16.5. The van der Waals surface area contributed by atoms with E-state index in [4.69, 9.17) is 10.5 Å². The smallest absolute Gasteiger partial charge is 0.270 e. The molecular formula is C19H27N3O3. The van der Waals surface area contributed by atoms with Gasteiger partial charge in [0, 0.05) is 11.6 Å². The zero-order valence-electron chi connectivity index (χ0n) is 15.2. The number of pyridine rings is 1. The maximum absolute atomic E-state index is 12.5. The Morgan fingerprint density at radius 3 is 2.56 bits per heavy atom. The topological polar surface area (TPSA) is 94.3 Å². The molecule has 136 valence electrons. The monoisotopic (exact) mass is 345 g/mol. The molecule has 0 bridgehead atoms. The van der Waals surface area contributed by atoms with Crippen molar-refractivity contribution in [2.24, 2.45) is 17.1 Å². The highest BCUT2D eigenvalue weighted by molar-refractivity contribution is 5.93. The van der Waals surface area contributed by atoms with Crippen molar-refractivity contribution < 1.29 is 14.3 Å². The van der Waals surface area contributed by atoms with Gasteiger partial charge >= 0.3 is 0 Å². The average molecular weight is 345 g/mol. The molecule has 2 amide bonds. The number of nitrogens with one attached hydrogen (secondary N) is 1. The second-order valence-corrected chi connectivity index (χ2v) is 7.90. The van der Waals surface area contributed by atoms with E-state index < -0.39 is 17.4 Å². The summed E-state index contributed by atoms with van der Waals surface area (Å²) in [6.45, 7) is 5.87. The van der Waals surface area contributed by atoms with Crippen LogP contribution in [0, 0.1) is 11.3 Å². The molecule has 1 heterocycles. The number of ether oxygens (including phenoxy) is 1. The predicted octanol–water partition coefficient (Wildman–Crippen LogP) is 2.38. The molecule has 1 aromatic rings. The van der Waals surface area contributed by atoms with Gasteiger partial charge in [0.1, 0.15) is 5.69 Å². The van der Waals surface area contributed by atoms with Crippen molar-refractivity contribution in [3.8, 4) is 5.88 Å². The Morgan fingerprint density at radius 1 is 1.32 bits per heavy atom. The van der Waals surface area contributed by atoms with Gasteiger partial charge in [0.2, 0.25) is 11.8 Å². The summed E-state index contributed by atoms with van der Waals surface area (Å²) in [6.07, 6.45) is 4.71. The highest BCUT2D eigenvalue weighted by Crippen LogP contribution is 2.44. The van der Waals surface area contributed by atoms with Gasteiger partial charge in [0.05, 0.1) is 12.0 Å². The molecule has 2 saturated carbocycles. The second kappa shape index (κ2) is 6.65. The van der Waals surface area contributed by atoms with Gasteiger partial charge in [-0.25, -0.2) is 4.98 Å². The molecule has 0 aliphatic heterocycles. The summed E-state index contributed by atoms with van der Waals surface area (Å²) in [7, 11) is 0. The summed E-state index contributed by atoms with van der Waals surface area (Å²) in [5.41, 5.74) is 5.99. The number of primary amides is 1. The highest BCUT2D eigenvalue weighted by Gasteiger charge is 2.34. The van der Waals surface area contributed by atoms with E-state index in [9.17, 15) is 9.59 Å². The van der Waals surface area contributed by atoms with Gasteiger partial charge in [-0.3, -0.25) is 9.59 Å². The summed E-state index contributed by atoms with van der Waals surface area (Å²) in [6, 6.07) is 3.28. The number of nitrogens with two attached hydrogens (primary N) is 1. The molecule has 0 saturated heterocycles. The lowest BCUT2D eigenvalue weighted by atomic mass is 9.84. The minimum absolute atomic E-state index is 0.308. The quantitative estimate of drug-likeness (QED) is 0.756. The van der Waals surface area contributed by atoms with Crippen molar-refractivity contribution in [2.75, 3.05) is 6.61 Å². The van der Waals surface area contributed by atoms with Crippen LogP contribution in [-0.2, 0) is 4.79 Å². The molecule has 6 heteroatoms. The van der Waals surface area contributed by atoms with Crippen molar-refractivity contribution >= 4 is 11.8 Å². The van der Waals surface area contributed by atoms with E-state index in [1.165, 1.54) is 12.8 Å². The first-order valence-electron chi connectivity index (χ1n) is 9.03. The Bertz CT molecular complexity index is 678. The van der Waals surface area contributed by atoms with Gasteiger partial charge in [-0.1, -0.05) is 6.07 Å². The SMILES string of the molecule is CC(NC(=O)c1ccc(C2CC2)c(OCC2CC2)n1)C(C)(C)C(N)=O. The molecule has 3 N–H and O–H groups in total. The van der Waals surface area contributed by atoms with Crippen molar-refractivity contribution in [3.05, 3.63) is 23.4 Å². The lowest BCUT2D eigenvalue weighted by molar-refractivity contribution is -0.127. The number of rotatable bonds is 8. The summed E-state index contributed by atoms with van der Waals surface area (Å²) >= 11 is 0. The molecule has 2 aliphatic carbocycles. The molecule has 1 unspecified atom stereocenters. The maximum atomic E-state index is 12.5. The zero-order valence-corrected chi connectivity index (χ0v) is 15.2. The maximum Gasteiger partial charge on any atom is 0.270 e. The molecule has 0 aromatic carbocycles. The first-order chi connectivity index (χ1) is 11.8. The average Bonchev–Trinajstić information content (AvgIpc) is 3.46. The molecule has 6 nitrogen and oxygen atoms in total. The first-order valence-corrected chi connectivity index (χ1v) is 9.03. The minimum Gasteiger partial charge on any atom is -0.477 e. The number of hydrogen-bond acceptors (Lipinski definition) is 4. The van der Waals surface area contributed by atoms with Gasteiger partial charge in [0.15, 0.2) is 0 Å². The van der Waals surface area contributed by atoms with Gasteiger partial charge in [0.25, 0.3) is 5.91 Å². The molecule has 0 radical (unpaired) electrons. The summed E-state index contributed by atoms with van der Waals surface area (Å²) in [5.74, 6) is 0.948. The summed E-state index contributed by atoms with van der Waals surface area (Å²) < 4.78 is 5.90. The number of hydrogen-bond donors (Lipinski definition) is 2. The van der Waals surface area contributed by atoms with E-state index in [1.54, 1.807) is 26.8 Å². The van der Waals surface area contributed by atoms with E-state index in [0.29, 0.717) is 30.0 Å². The summed E-state index contributed by atoms with van der Waals surface area (Å²) in [5, 5.41) is 2.83. The molecular weight excluding hydrogens is 318 g/mol. The molecule has 0 spiro atoms. The van der Waals surface area contributed by atoms with Crippen molar-refractivity contribution in [1.29, 1.82) is 0 Å². The van der Waals surface area contributed by atoms with E-state index in [-0.39, 0.29) is 5.91 Å². The first kappa shape index (κ1) is 17.7. The molecule has 1 aromatic heterocycles. The van der Waals surface area contributed by atoms with Gasteiger partial charge in [-0.15, -0.1) is 0 Å². The van der Waals surface area contributed by atoms with Crippen LogP contribution in [0.1, 0.15) is 68.4 Å². The fraction of sp³-hybridized carbons (Fsp3) is 0.632. The third-order valence-electron chi connectivity index (χ3n) is 5.36. The molecule has 3 rings (SSSR count). The number of carbonyl (C=O) groups is 2. The number of nitrogens with zero attached hydrogens (tertiary/aromatic N) is 1. The fourth-order valence-corrected chi connectivity index (χ4v) is 2.54. The van der Waals surface area contributed by atoms with Crippen LogP contribution in [0.2, 0.25) is 0 Å². The van der Waals surface area contributed by atoms with Crippen LogP contribution in [0.5, 0.6) is 5.88 Å². The fourth-order valence-electron chi connectivity index (χ4n) is 2.54. The van der Waals surface area contributed by atoms with E-state index in [1.807, 2.05) is 6.07 Å². The van der Waals surface area contributed by atoms with E-state index >= 15 is 0 Å². The van der Waals surface area contributed by atoms with Crippen LogP contribution in [0.25, 0.3) is 0 Å². The molecule has 25 heavy (non-hydrogen) atoms. The number of carbonyl (C=O) groups excluding carboxylic acids is 2. The molecule has 2 fully saturated rings.